The summed E-state index contributed by atoms with van der Waals surface area (Å²) in [6.45, 7) is -0.490. The van der Waals surface area contributed by atoms with Crippen molar-refractivity contribution in [3.05, 3.63) is 62.2 Å². The Bertz CT molecular complexity index is 1030. The average Bonchev–Trinajstić information content (AvgIpc) is 2.89. The molecular formula is C18H11BrClFN2O4S. The van der Waals surface area contributed by atoms with Crippen LogP contribution in [0.15, 0.2) is 45.8 Å². The summed E-state index contributed by atoms with van der Waals surface area (Å²) in [4.78, 5) is 37.7. The van der Waals surface area contributed by atoms with Crippen LogP contribution in [-0.2, 0) is 9.59 Å². The van der Waals surface area contributed by atoms with Crippen molar-refractivity contribution in [3.8, 4) is 5.75 Å². The highest BCUT2D eigenvalue weighted by atomic mass is 79.9. The molecule has 0 aliphatic carbocycles. The van der Waals surface area contributed by atoms with Gasteiger partial charge in [-0.15, -0.1) is 0 Å². The molecule has 10 heteroatoms. The van der Waals surface area contributed by atoms with Crippen molar-refractivity contribution < 1.29 is 23.9 Å². The van der Waals surface area contributed by atoms with Crippen LogP contribution in [0.25, 0.3) is 6.08 Å². The van der Waals surface area contributed by atoms with E-state index in [0.29, 0.717) is 21.8 Å². The Morgan fingerprint density at radius 1 is 1.29 bits per heavy atom. The van der Waals surface area contributed by atoms with Crippen LogP contribution in [0.3, 0.4) is 0 Å². The summed E-state index contributed by atoms with van der Waals surface area (Å²) in [5.41, 5.74) is 0.841. The number of nitrogens with one attached hydrogen (secondary N) is 1. The van der Waals surface area contributed by atoms with Crippen molar-refractivity contribution >= 4 is 68.1 Å². The number of halogens is 3. The molecule has 3 amide bonds. The predicted molar refractivity (Wildman–Crippen MR) is 109 cm³/mol. The van der Waals surface area contributed by atoms with Crippen LogP contribution in [0.1, 0.15) is 5.56 Å². The molecular weight excluding hydrogens is 475 g/mol. The molecule has 144 valence electrons. The number of anilines is 1. The number of thioether (sulfide) groups is 1. The monoisotopic (exact) mass is 484 g/mol. The van der Waals surface area contributed by atoms with Crippen molar-refractivity contribution in [3.63, 3.8) is 0 Å². The highest BCUT2D eigenvalue weighted by molar-refractivity contribution is 9.10. The third-order valence-corrected chi connectivity index (χ3v) is 5.48. The Morgan fingerprint density at radius 3 is 2.71 bits per heavy atom. The van der Waals surface area contributed by atoms with E-state index in [2.05, 4.69) is 21.2 Å². The Labute approximate surface area is 176 Å². The lowest BCUT2D eigenvalue weighted by Crippen LogP contribution is -2.36. The molecule has 0 radical (unpaired) electrons. The standard InChI is InChI=1S/C18H11BrClFN2O4S/c19-11-5-9(1-4-14(11)24)6-15-17(26)23(18(27)28-15)8-16(25)22-10-2-3-13(21)12(20)7-10/h1-7,24H,8H2,(H,22,25)/b15-6+. The fourth-order valence-corrected chi connectivity index (χ4v) is 3.73. The van der Waals surface area contributed by atoms with E-state index in [0.717, 1.165) is 11.0 Å². The van der Waals surface area contributed by atoms with Crippen LogP contribution in [0.5, 0.6) is 5.75 Å². The number of benzene rings is 2. The Hall–Kier alpha value is -2.36. The number of imide groups is 1. The van der Waals surface area contributed by atoms with Crippen molar-refractivity contribution in [2.75, 3.05) is 11.9 Å². The zero-order chi connectivity index (χ0) is 20.4. The molecule has 2 aromatic rings. The van der Waals surface area contributed by atoms with Gasteiger partial charge in [0, 0.05) is 5.69 Å². The summed E-state index contributed by atoms with van der Waals surface area (Å²) in [6, 6.07) is 8.26. The van der Waals surface area contributed by atoms with Crippen molar-refractivity contribution in [1.29, 1.82) is 0 Å². The van der Waals surface area contributed by atoms with Gasteiger partial charge in [0.15, 0.2) is 0 Å². The van der Waals surface area contributed by atoms with Gasteiger partial charge in [-0.05, 0) is 69.7 Å². The first-order valence-corrected chi connectivity index (χ1v) is 9.72. The number of phenolic OH excluding ortho intramolecular Hbond substituents is 1. The summed E-state index contributed by atoms with van der Waals surface area (Å²) >= 11 is 9.54. The molecule has 1 fully saturated rings. The van der Waals surface area contributed by atoms with Crippen LogP contribution in [0, 0.1) is 5.82 Å². The quantitative estimate of drug-likeness (QED) is 0.617. The first kappa shape index (κ1) is 20.4. The molecule has 0 aromatic heterocycles. The van der Waals surface area contributed by atoms with E-state index in [-0.39, 0.29) is 21.4 Å². The SMILES string of the molecule is O=C(CN1C(=O)S/C(=C/c2ccc(O)c(Br)c2)C1=O)Nc1ccc(F)c(Cl)c1. The van der Waals surface area contributed by atoms with E-state index in [4.69, 9.17) is 11.6 Å². The maximum absolute atomic E-state index is 13.2. The third-order valence-electron chi connectivity index (χ3n) is 3.65. The number of carbonyl (C=O) groups is 3. The minimum atomic E-state index is -0.628. The molecule has 2 N–H and O–H groups in total. The van der Waals surface area contributed by atoms with Gasteiger partial charge < -0.3 is 10.4 Å². The number of rotatable bonds is 4. The molecule has 0 unspecified atom stereocenters. The molecule has 0 saturated carbocycles. The average molecular weight is 486 g/mol. The molecule has 1 heterocycles. The van der Waals surface area contributed by atoms with Crippen molar-refractivity contribution in [2.24, 2.45) is 0 Å². The molecule has 0 spiro atoms. The second-order valence-corrected chi connectivity index (χ2v) is 7.91. The van der Waals surface area contributed by atoms with Gasteiger partial charge in [0.25, 0.3) is 11.1 Å². The maximum atomic E-state index is 13.2. The number of amides is 3. The molecule has 1 aliphatic rings. The van der Waals surface area contributed by atoms with Gasteiger partial charge in [-0.25, -0.2) is 4.39 Å². The number of hydrogen-bond acceptors (Lipinski definition) is 5. The Morgan fingerprint density at radius 2 is 2.04 bits per heavy atom. The largest absolute Gasteiger partial charge is 0.507 e. The number of phenols is 1. The Balaban J connectivity index is 1.70. The van der Waals surface area contributed by atoms with Gasteiger partial charge in [-0.1, -0.05) is 17.7 Å². The first-order valence-electron chi connectivity index (χ1n) is 7.73. The van der Waals surface area contributed by atoms with Gasteiger partial charge in [-0.3, -0.25) is 19.3 Å². The predicted octanol–water partition coefficient (Wildman–Crippen LogP) is 4.62. The summed E-state index contributed by atoms with van der Waals surface area (Å²) < 4.78 is 13.6. The fourth-order valence-electron chi connectivity index (χ4n) is 2.32. The highest BCUT2D eigenvalue weighted by Crippen LogP contribution is 2.33. The third kappa shape index (κ3) is 4.54. The van der Waals surface area contributed by atoms with E-state index in [1.807, 2.05) is 0 Å². The fraction of sp³-hybridized carbons (Fsp3) is 0.0556. The molecule has 0 bridgehead atoms. The van der Waals surface area contributed by atoms with Gasteiger partial charge in [-0.2, -0.15) is 0 Å². The molecule has 28 heavy (non-hydrogen) atoms. The van der Waals surface area contributed by atoms with E-state index in [1.165, 1.54) is 24.3 Å². The lowest BCUT2D eigenvalue weighted by molar-refractivity contribution is -0.127. The first-order chi connectivity index (χ1) is 13.2. The van der Waals surface area contributed by atoms with Crippen LogP contribution in [0.2, 0.25) is 5.02 Å². The number of hydrogen-bond donors (Lipinski definition) is 2. The van der Waals surface area contributed by atoms with Gasteiger partial charge >= 0.3 is 0 Å². The van der Waals surface area contributed by atoms with Crippen LogP contribution in [-0.4, -0.2) is 33.6 Å². The van der Waals surface area contributed by atoms with E-state index in [1.54, 1.807) is 12.1 Å². The van der Waals surface area contributed by atoms with E-state index < -0.39 is 29.4 Å². The molecule has 1 aliphatic heterocycles. The highest BCUT2D eigenvalue weighted by Gasteiger charge is 2.36. The summed E-state index contributed by atoms with van der Waals surface area (Å²) in [7, 11) is 0. The van der Waals surface area contributed by atoms with Crippen LogP contribution < -0.4 is 5.32 Å². The molecule has 2 aromatic carbocycles. The van der Waals surface area contributed by atoms with Gasteiger partial charge in [0.2, 0.25) is 5.91 Å². The molecule has 3 rings (SSSR count). The van der Waals surface area contributed by atoms with Gasteiger partial charge in [0.05, 0.1) is 14.4 Å². The maximum Gasteiger partial charge on any atom is 0.294 e. The zero-order valence-electron chi connectivity index (χ0n) is 13.9. The van der Waals surface area contributed by atoms with E-state index >= 15 is 0 Å². The minimum absolute atomic E-state index is 0.0443. The lowest BCUT2D eigenvalue weighted by atomic mass is 10.2. The number of nitrogens with zero attached hydrogens (tertiary/aromatic N) is 1. The second-order valence-electron chi connectivity index (χ2n) is 5.66. The normalized spacial score (nSPS) is 15.4. The van der Waals surface area contributed by atoms with Crippen molar-refractivity contribution in [1.82, 2.24) is 4.90 Å². The summed E-state index contributed by atoms with van der Waals surface area (Å²) in [5, 5.41) is 11.2. The smallest absolute Gasteiger partial charge is 0.294 e. The lowest BCUT2D eigenvalue weighted by Gasteiger charge is -2.12. The molecule has 1 saturated heterocycles. The molecule has 0 atom stereocenters. The summed E-state index contributed by atoms with van der Waals surface area (Å²) in [5.74, 6) is -1.82. The summed E-state index contributed by atoms with van der Waals surface area (Å²) in [6.07, 6.45) is 1.49. The topological polar surface area (TPSA) is 86.7 Å². The second kappa shape index (κ2) is 8.34. The number of carbonyl (C=O) groups excluding carboxylic acids is 3. The van der Waals surface area contributed by atoms with Gasteiger partial charge in [0.1, 0.15) is 18.1 Å². The van der Waals surface area contributed by atoms with Crippen molar-refractivity contribution in [2.45, 2.75) is 0 Å². The van der Waals surface area contributed by atoms with Crippen LogP contribution in [0.4, 0.5) is 14.9 Å². The zero-order valence-corrected chi connectivity index (χ0v) is 17.1. The van der Waals surface area contributed by atoms with E-state index in [9.17, 15) is 23.9 Å². The van der Waals surface area contributed by atoms with Crippen LogP contribution >= 0.6 is 39.3 Å². The Kier molecular flexibility index (Phi) is 6.07. The minimum Gasteiger partial charge on any atom is -0.507 e. The molecule has 6 nitrogen and oxygen atoms in total. The number of aromatic hydroxyl groups is 1.